The van der Waals surface area contributed by atoms with Crippen molar-refractivity contribution in [1.29, 1.82) is 0 Å². The highest BCUT2D eigenvalue weighted by Crippen LogP contribution is 2.51. The molecule has 0 spiro atoms. The van der Waals surface area contributed by atoms with Crippen LogP contribution in [0.4, 0.5) is 0 Å². The molecule has 50 heavy (non-hydrogen) atoms. The first kappa shape index (κ1) is 32.9. The third-order valence-electron chi connectivity index (χ3n) is 9.73. The Bertz CT molecular complexity index is 2460. The van der Waals surface area contributed by atoms with Crippen molar-refractivity contribution in [3.8, 4) is 23.0 Å². The van der Waals surface area contributed by atoms with E-state index in [1.54, 1.807) is 38.2 Å². The number of phenols is 1. The molecule has 258 valence electrons. The number of rotatable bonds is 7. The van der Waals surface area contributed by atoms with Gasteiger partial charge in [0.15, 0.2) is 34.6 Å². The van der Waals surface area contributed by atoms with E-state index in [-0.39, 0.29) is 76.4 Å². The van der Waals surface area contributed by atoms with Crippen molar-refractivity contribution in [3.05, 3.63) is 106 Å². The fourth-order valence-corrected chi connectivity index (χ4v) is 7.50. The molecule has 14 nitrogen and oxygen atoms in total. The van der Waals surface area contributed by atoms with Gasteiger partial charge in [-0.05, 0) is 36.3 Å². The van der Waals surface area contributed by atoms with Crippen LogP contribution >= 0.6 is 11.6 Å². The van der Waals surface area contributed by atoms with Crippen molar-refractivity contribution in [2.75, 3.05) is 21.3 Å². The summed E-state index contributed by atoms with van der Waals surface area (Å²) in [5.41, 5.74) is 1.34. The number of allylic oxidation sites excluding steroid dienone is 6. The van der Waals surface area contributed by atoms with Gasteiger partial charge >= 0.3 is 11.4 Å². The van der Waals surface area contributed by atoms with E-state index >= 15 is 0 Å². The van der Waals surface area contributed by atoms with Crippen LogP contribution in [0.3, 0.4) is 0 Å². The molecule has 0 saturated carbocycles. The molecule has 3 aliphatic rings. The summed E-state index contributed by atoms with van der Waals surface area (Å²) < 4.78 is 21.2. The summed E-state index contributed by atoms with van der Waals surface area (Å²) >= 11 is 6.38. The summed E-state index contributed by atoms with van der Waals surface area (Å²) in [6.07, 6.45) is 3.05. The van der Waals surface area contributed by atoms with Gasteiger partial charge in [0.1, 0.15) is 5.69 Å². The summed E-state index contributed by atoms with van der Waals surface area (Å²) in [5.74, 6) is -0.858. The summed E-state index contributed by atoms with van der Waals surface area (Å²) in [6, 6.07) is 5.54. The second-order valence-electron chi connectivity index (χ2n) is 12.3. The van der Waals surface area contributed by atoms with Crippen LogP contribution in [0.15, 0.2) is 73.1 Å². The molecule has 0 saturated heterocycles. The van der Waals surface area contributed by atoms with Crippen molar-refractivity contribution in [2.45, 2.75) is 44.8 Å². The molecular formula is C35H32ClN5O9. The van der Waals surface area contributed by atoms with Crippen LogP contribution in [0.2, 0.25) is 5.02 Å². The lowest BCUT2D eigenvalue weighted by Crippen LogP contribution is -2.40. The molecule has 0 fully saturated rings. The minimum absolute atomic E-state index is 0.00218. The molecule has 0 radical (unpaired) electrons. The Morgan fingerprint density at radius 1 is 0.960 bits per heavy atom. The third-order valence-corrected chi connectivity index (χ3v) is 10.0. The molecule has 2 aromatic heterocycles. The highest BCUT2D eigenvalue weighted by atomic mass is 35.5. The van der Waals surface area contributed by atoms with Crippen LogP contribution in [0.25, 0.3) is 11.0 Å². The van der Waals surface area contributed by atoms with Crippen molar-refractivity contribution in [3.63, 3.8) is 0 Å². The Hall–Kier alpha value is -5.63. The standard InChI is InChI=1S/C35H32ClN5O9/c1-16-10-25(42)30-19(31(16)43)13-23-18(29(30)17-11-20(36)32(44)28(12-17)50-5)6-9-40-34(46)39(35(47)41(23)40)8-7-21-33(45)38(2)24-15-27(49-4)26(48-3)14-22(24)37-21/h6,10-12,14-15,23,29,44H,7-9,13H2,1-5H3/t23-,29+/m1/s1. The number of ether oxygens (including phenoxy) is 3. The number of methoxy groups -OCH3 is 3. The number of ketones is 2. The summed E-state index contributed by atoms with van der Waals surface area (Å²) in [7, 11) is 5.94. The van der Waals surface area contributed by atoms with Gasteiger partial charge in [0.25, 0.3) is 5.56 Å². The lowest BCUT2D eigenvalue weighted by atomic mass is 9.68. The fourth-order valence-electron chi connectivity index (χ4n) is 7.28. The lowest BCUT2D eigenvalue weighted by molar-refractivity contribution is -0.116. The number of Topliss-reactive ketones (excluding diaryl/α,β-unsaturated/α-hetero) is 1. The first-order chi connectivity index (χ1) is 23.9. The Labute approximate surface area is 288 Å². The molecule has 2 aliphatic carbocycles. The Morgan fingerprint density at radius 3 is 2.36 bits per heavy atom. The average Bonchev–Trinajstić information content (AvgIpc) is 3.36. The molecule has 0 bridgehead atoms. The highest BCUT2D eigenvalue weighted by molar-refractivity contribution is 6.32. The molecule has 2 atom stereocenters. The number of fused-ring (bicyclic) bond motifs is 4. The number of aromatic hydroxyl groups is 1. The normalized spacial score (nSPS) is 18.4. The molecule has 3 heterocycles. The maximum Gasteiger partial charge on any atom is 0.347 e. The lowest BCUT2D eigenvalue weighted by Gasteiger charge is -2.39. The van der Waals surface area contributed by atoms with E-state index in [2.05, 4.69) is 4.98 Å². The highest BCUT2D eigenvalue weighted by Gasteiger charge is 2.45. The zero-order valence-electron chi connectivity index (χ0n) is 27.8. The van der Waals surface area contributed by atoms with Gasteiger partial charge in [0.05, 0.1) is 50.0 Å². The first-order valence-electron chi connectivity index (χ1n) is 15.7. The average molecular weight is 702 g/mol. The van der Waals surface area contributed by atoms with Crippen LogP contribution in [-0.4, -0.2) is 61.5 Å². The van der Waals surface area contributed by atoms with E-state index in [1.165, 1.54) is 47.4 Å². The van der Waals surface area contributed by atoms with Gasteiger partial charge in [-0.15, -0.1) is 0 Å². The number of carbonyl (C=O) groups excluding carboxylic acids is 2. The van der Waals surface area contributed by atoms with Gasteiger partial charge in [0.2, 0.25) is 0 Å². The summed E-state index contributed by atoms with van der Waals surface area (Å²) in [4.78, 5) is 72.9. The Morgan fingerprint density at radius 2 is 1.66 bits per heavy atom. The maximum atomic E-state index is 14.1. The Balaban J connectivity index is 1.31. The second kappa shape index (κ2) is 12.1. The predicted octanol–water partition coefficient (Wildman–Crippen LogP) is 2.75. The van der Waals surface area contributed by atoms with Gasteiger partial charge in [-0.3, -0.25) is 14.4 Å². The smallest absolute Gasteiger partial charge is 0.347 e. The predicted molar refractivity (Wildman–Crippen MR) is 182 cm³/mol. The van der Waals surface area contributed by atoms with Crippen LogP contribution < -0.4 is 31.1 Å². The number of benzene rings is 2. The van der Waals surface area contributed by atoms with Gasteiger partial charge in [-0.1, -0.05) is 17.7 Å². The van der Waals surface area contributed by atoms with Gasteiger partial charge in [-0.25, -0.2) is 28.5 Å². The van der Waals surface area contributed by atoms with Crippen LogP contribution in [0, 0.1) is 0 Å². The molecule has 7 rings (SSSR count). The molecule has 0 amide bonds. The number of phenolic OH excluding ortho intramolecular Hbond substituents is 1. The van der Waals surface area contributed by atoms with Crippen molar-refractivity contribution < 1.29 is 28.9 Å². The molecule has 2 aromatic carbocycles. The topological polar surface area (TPSA) is 166 Å². The van der Waals surface area contributed by atoms with Crippen molar-refractivity contribution in [2.24, 2.45) is 7.05 Å². The second-order valence-corrected chi connectivity index (χ2v) is 12.7. The summed E-state index contributed by atoms with van der Waals surface area (Å²) in [6.45, 7) is 1.42. The first-order valence-corrected chi connectivity index (χ1v) is 16.1. The molecule has 4 aromatic rings. The SMILES string of the molecule is COc1cc2nc(CCn3c(=O)n4n(c3=O)[C@@H]3CC5=C(C(=O)C=C(C)C5=O)[C@@H](c5cc(Cl)c(O)c(OC)c5)C3=CC4)c(=O)n(C)c2cc1OC. The van der Waals surface area contributed by atoms with E-state index in [4.69, 9.17) is 25.8 Å². The summed E-state index contributed by atoms with van der Waals surface area (Å²) in [5, 5.41) is 10.4. The van der Waals surface area contributed by atoms with Gasteiger partial charge < -0.3 is 23.9 Å². The van der Waals surface area contributed by atoms with Crippen molar-refractivity contribution >= 4 is 34.2 Å². The zero-order chi connectivity index (χ0) is 35.8. The Kier molecular flexibility index (Phi) is 7.93. The largest absolute Gasteiger partial charge is 0.503 e. The quantitative estimate of drug-likeness (QED) is 0.224. The van der Waals surface area contributed by atoms with Crippen LogP contribution in [0.5, 0.6) is 23.0 Å². The molecule has 1 aliphatic heterocycles. The van der Waals surface area contributed by atoms with E-state index in [0.29, 0.717) is 33.7 Å². The maximum absolute atomic E-state index is 14.1. The number of hydrogen-bond donors (Lipinski definition) is 1. The van der Waals surface area contributed by atoms with E-state index in [9.17, 15) is 29.1 Å². The third kappa shape index (κ3) is 4.84. The minimum Gasteiger partial charge on any atom is -0.503 e. The van der Waals surface area contributed by atoms with E-state index in [0.717, 1.165) is 4.57 Å². The minimum atomic E-state index is -0.823. The number of hydrogen-bond acceptors (Lipinski definition) is 10. The molecule has 1 N–H and O–H groups in total. The number of nitrogens with zero attached hydrogens (tertiary/aromatic N) is 5. The molecular weight excluding hydrogens is 670 g/mol. The number of aryl methyl sites for hydroxylation is 2. The van der Waals surface area contributed by atoms with E-state index in [1.807, 2.05) is 0 Å². The van der Waals surface area contributed by atoms with E-state index < -0.39 is 28.9 Å². The number of halogens is 1. The monoisotopic (exact) mass is 701 g/mol. The van der Waals surface area contributed by atoms with Crippen LogP contribution in [-0.2, 0) is 36.1 Å². The van der Waals surface area contributed by atoms with Crippen molar-refractivity contribution in [1.82, 2.24) is 23.5 Å². The van der Waals surface area contributed by atoms with Gasteiger partial charge in [-0.2, -0.15) is 0 Å². The number of aromatic nitrogens is 5. The van der Waals surface area contributed by atoms with Gasteiger partial charge in [0, 0.05) is 61.2 Å². The molecule has 15 heteroatoms. The van der Waals surface area contributed by atoms with Crippen LogP contribution in [0.1, 0.15) is 36.6 Å². The zero-order valence-corrected chi connectivity index (χ0v) is 28.5. The fraction of sp³-hybridized carbons (Fsp3) is 0.314. The number of carbonyl (C=O) groups is 2. The molecule has 0 unspecified atom stereocenters.